The summed E-state index contributed by atoms with van der Waals surface area (Å²) in [5.41, 5.74) is 1.02. The number of rotatable bonds is 7. The molecule has 0 heterocycles. The Balaban J connectivity index is 2.25. The predicted molar refractivity (Wildman–Crippen MR) is 103 cm³/mol. The van der Waals surface area contributed by atoms with Crippen molar-refractivity contribution >= 4 is 34.4 Å². The maximum Gasteiger partial charge on any atom is 0.412 e. The Morgan fingerprint density at radius 2 is 1.96 bits per heavy atom. The summed E-state index contributed by atoms with van der Waals surface area (Å²) in [5.74, 6) is -0.00193. The van der Waals surface area contributed by atoms with E-state index >= 15 is 0 Å². The fraction of sp³-hybridized carbons (Fsp3) is 0.278. The van der Waals surface area contributed by atoms with Gasteiger partial charge in [-0.1, -0.05) is 18.2 Å². The van der Waals surface area contributed by atoms with Gasteiger partial charge in [0.05, 0.1) is 0 Å². The lowest BCUT2D eigenvalue weighted by Gasteiger charge is -2.26. The predicted octanol–water partition coefficient (Wildman–Crippen LogP) is 3.68. The summed E-state index contributed by atoms with van der Waals surface area (Å²) in [6.07, 6.45) is -1.88. The summed E-state index contributed by atoms with van der Waals surface area (Å²) in [5, 5.41) is 22.1. The van der Waals surface area contributed by atoms with Crippen LogP contribution in [0.15, 0.2) is 48.5 Å². The second-order valence-corrected chi connectivity index (χ2v) is 6.55. The number of carbonyl (C=O) groups excluding carboxylic acids is 1. The van der Waals surface area contributed by atoms with Gasteiger partial charge in [-0.2, -0.15) is 0 Å². The molecule has 2 rings (SSSR count). The van der Waals surface area contributed by atoms with E-state index in [2.05, 4.69) is 27.9 Å². The molecule has 2 aromatic carbocycles. The van der Waals surface area contributed by atoms with E-state index in [1.807, 2.05) is 6.07 Å². The van der Waals surface area contributed by atoms with Crippen LogP contribution in [0.25, 0.3) is 0 Å². The number of methoxy groups -OCH3 is 1. The summed E-state index contributed by atoms with van der Waals surface area (Å²) in [6, 6.07) is 13.9. The highest BCUT2D eigenvalue weighted by Gasteiger charge is 2.29. The minimum absolute atomic E-state index is 0.00193. The Hall–Kier alpha value is -1.84. The molecule has 7 heteroatoms. The summed E-state index contributed by atoms with van der Waals surface area (Å²) >= 11 is 2.11. The van der Waals surface area contributed by atoms with Gasteiger partial charge in [0, 0.05) is 35.0 Å². The molecule has 134 valence electrons. The summed E-state index contributed by atoms with van der Waals surface area (Å²) in [7, 11) is 1.47. The van der Waals surface area contributed by atoms with Crippen LogP contribution < -0.4 is 5.32 Å². The minimum atomic E-state index is -0.865. The first kappa shape index (κ1) is 19.5. The first-order chi connectivity index (χ1) is 12.0. The molecule has 1 amide bonds. The number of aliphatic hydroxyl groups excluding tert-OH is 1. The van der Waals surface area contributed by atoms with Gasteiger partial charge in [0.1, 0.15) is 11.9 Å². The fourth-order valence-electron chi connectivity index (χ4n) is 2.40. The standard InChI is InChI=1S/C18H20INO5/c1-24-16(9-10-21)17(14-11-12(19)7-8-15(14)22)25-18(23)20-13-5-3-2-4-6-13/h2-8,11,16-17,21-22H,9-10H2,1H3,(H,20,23)/t16-,17-/m1/s1. The smallest absolute Gasteiger partial charge is 0.412 e. The maximum absolute atomic E-state index is 12.3. The molecule has 2 atom stereocenters. The van der Waals surface area contributed by atoms with Crippen LogP contribution in [0.4, 0.5) is 10.5 Å². The Morgan fingerprint density at radius 3 is 2.60 bits per heavy atom. The zero-order chi connectivity index (χ0) is 18.2. The number of amides is 1. The van der Waals surface area contributed by atoms with Crippen molar-refractivity contribution in [1.82, 2.24) is 0 Å². The highest BCUT2D eigenvalue weighted by Crippen LogP contribution is 2.33. The molecule has 0 aromatic heterocycles. The summed E-state index contributed by atoms with van der Waals surface area (Å²) in [6.45, 7) is -0.136. The van der Waals surface area contributed by atoms with Gasteiger partial charge in [0.2, 0.25) is 0 Å². The number of anilines is 1. The van der Waals surface area contributed by atoms with Crippen LogP contribution in [0.1, 0.15) is 18.1 Å². The number of hydrogen-bond donors (Lipinski definition) is 3. The number of phenols is 1. The van der Waals surface area contributed by atoms with Gasteiger partial charge >= 0.3 is 6.09 Å². The van der Waals surface area contributed by atoms with Crippen molar-refractivity contribution in [3.8, 4) is 5.75 Å². The average Bonchev–Trinajstić information content (AvgIpc) is 2.61. The molecule has 0 saturated heterocycles. The lowest BCUT2D eigenvalue weighted by atomic mass is 10.0. The number of benzene rings is 2. The third-order valence-electron chi connectivity index (χ3n) is 3.60. The number of aliphatic hydroxyl groups is 1. The number of nitrogens with one attached hydrogen (secondary N) is 1. The second kappa shape index (κ2) is 9.59. The molecule has 0 saturated carbocycles. The highest BCUT2D eigenvalue weighted by molar-refractivity contribution is 14.1. The molecule has 0 fully saturated rings. The van der Waals surface area contributed by atoms with Crippen LogP contribution in [-0.4, -0.2) is 36.1 Å². The third-order valence-corrected chi connectivity index (χ3v) is 4.28. The summed E-state index contributed by atoms with van der Waals surface area (Å²) < 4.78 is 11.8. The number of phenolic OH excluding ortho intramolecular Hbond substituents is 1. The molecule has 0 aliphatic rings. The zero-order valence-electron chi connectivity index (χ0n) is 13.7. The highest BCUT2D eigenvalue weighted by atomic mass is 127. The van der Waals surface area contributed by atoms with Crippen molar-refractivity contribution in [2.45, 2.75) is 18.6 Å². The molecular weight excluding hydrogens is 437 g/mol. The second-order valence-electron chi connectivity index (χ2n) is 5.31. The van der Waals surface area contributed by atoms with Gasteiger partial charge in [0.25, 0.3) is 0 Å². The monoisotopic (exact) mass is 457 g/mol. The molecule has 6 nitrogen and oxygen atoms in total. The van der Waals surface area contributed by atoms with E-state index in [0.29, 0.717) is 11.3 Å². The molecule has 0 bridgehead atoms. The van der Waals surface area contributed by atoms with Crippen LogP contribution in [0.5, 0.6) is 5.75 Å². The molecule has 0 aliphatic heterocycles. The average molecular weight is 457 g/mol. The van der Waals surface area contributed by atoms with Crippen molar-refractivity contribution in [3.63, 3.8) is 0 Å². The molecule has 3 N–H and O–H groups in total. The maximum atomic E-state index is 12.3. The Morgan fingerprint density at radius 1 is 1.24 bits per heavy atom. The fourth-order valence-corrected chi connectivity index (χ4v) is 2.91. The Bertz CT molecular complexity index is 695. The topological polar surface area (TPSA) is 88.0 Å². The molecule has 2 aromatic rings. The van der Waals surface area contributed by atoms with Gasteiger partial charge in [-0.15, -0.1) is 0 Å². The van der Waals surface area contributed by atoms with Gasteiger partial charge in [-0.05, 0) is 52.9 Å². The van der Waals surface area contributed by atoms with Crippen molar-refractivity contribution in [2.75, 3.05) is 19.0 Å². The van der Waals surface area contributed by atoms with E-state index in [-0.39, 0.29) is 18.8 Å². The van der Waals surface area contributed by atoms with Crippen LogP contribution in [0, 0.1) is 3.57 Å². The molecule has 25 heavy (non-hydrogen) atoms. The van der Waals surface area contributed by atoms with Crippen LogP contribution >= 0.6 is 22.6 Å². The number of aromatic hydroxyl groups is 1. The third kappa shape index (κ3) is 5.58. The van der Waals surface area contributed by atoms with Crippen molar-refractivity contribution in [1.29, 1.82) is 0 Å². The van der Waals surface area contributed by atoms with Crippen molar-refractivity contribution in [3.05, 3.63) is 57.7 Å². The molecule has 0 unspecified atom stereocenters. The van der Waals surface area contributed by atoms with Crippen LogP contribution in [0.3, 0.4) is 0 Å². The number of hydrogen-bond acceptors (Lipinski definition) is 5. The number of ether oxygens (including phenoxy) is 2. The quantitative estimate of drug-likeness (QED) is 0.553. The van der Waals surface area contributed by atoms with Crippen LogP contribution in [-0.2, 0) is 9.47 Å². The van der Waals surface area contributed by atoms with Gasteiger partial charge in [-0.25, -0.2) is 4.79 Å². The van der Waals surface area contributed by atoms with Crippen LogP contribution in [0.2, 0.25) is 0 Å². The molecule has 0 spiro atoms. The number of para-hydroxylation sites is 1. The van der Waals surface area contributed by atoms with E-state index in [0.717, 1.165) is 3.57 Å². The van der Waals surface area contributed by atoms with E-state index in [9.17, 15) is 15.0 Å². The van der Waals surface area contributed by atoms with Gasteiger partial charge in [0.15, 0.2) is 6.10 Å². The molecule has 0 aliphatic carbocycles. The number of carbonyl (C=O) groups is 1. The minimum Gasteiger partial charge on any atom is -0.508 e. The first-order valence-corrected chi connectivity index (χ1v) is 8.77. The Kier molecular flexibility index (Phi) is 7.48. The van der Waals surface area contributed by atoms with Crippen molar-refractivity contribution < 1.29 is 24.5 Å². The summed E-state index contributed by atoms with van der Waals surface area (Å²) in [4.78, 5) is 12.3. The largest absolute Gasteiger partial charge is 0.508 e. The van der Waals surface area contributed by atoms with Gasteiger partial charge in [-0.3, -0.25) is 5.32 Å². The zero-order valence-corrected chi connectivity index (χ0v) is 15.8. The van der Waals surface area contributed by atoms with E-state index in [4.69, 9.17) is 9.47 Å². The lowest BCUT2D eigenvalue weighted by molar-refractivity contribution is -0.0314. The van der Waals surface area contributed by atoms with Gasteiger partial charge < -0.3 is 19.7 Å². The van der Waals surface area contributed by atoms with E-state index in [1.165, 1.54) is 13.2 Å². The number of halogens is 1. The first-order valence-electron chi connectivity index (χ1n) is 7.70. The van der Waals surface area contributed by atoms with E-state index < -0.39 is 18.3 Å². The molecular formula is C18H20INO5. The molecule has 0 radical (unpaired) electrons. The van der Waals surface area contributed by atoms with E-state index in [1.54, 1.807) is 36.4 Å². The SMILES string of the molecule is CO[C@H](CCO)[C@H](OC(=O)Nc1ccccc1)c1cc(I)ccc1O. The Labute approximate surface area is 159 Å². The normalized spacial score (nSPS) is 13.1. The van der Waals surface area contributed by atoms with Crippen molar-refractivity contribution in [2.24, 2.45) is 0 Å². The lowest BCUT2D eigenvalue weighted by Crippen LogP contribution is -2.29.